The van der Waals surface area contributed by atoms with Gasteiger partial charge < -0.3 is 5.32 Å². The molecule has 0 aromatic heterocycles. The number of carbonyl (C=O) groups excluding carboxylic acids is 1. The maximum absolute atomic E-state index is 13.1. The molecule has 1 aliphatic carbocycles. The van der Waals surface area contributed by atoms with Crippen LogP contribution in [0, 0.1) is 11.8 Å². The van der Waals surface area contributed by atoms with E-state index in [1.54, 1.807) is 12.1 Å². The van der Waals surface area contributed by atoms with Gasteiger partial charge in [-0.15, -0.1) is 0 Å². The lowest BCUT2D eigenvalue weighted by molar-refractivity contribution is -0.143. The van der Waals surface area contributed by atoms with Crippen LogP contribution in [0.3, 0.4) is 0 Å². The molecule has 2 aromatic carbocycles. The van der Waals surface area contributed by atoms with Gasteiger partial charge in [-0.3, -0.25) is 4.79 Å². The molecule has 0 heterocycles. The monoisotopic (exact) mass is 429 g/mol. The zero-order valence-electron chi connectivity index (χ0n) is 16.2. The van der Waals surface area contributed by atoms with Crippen molar-refractivity contribution in [1.29, 1.82) is 0 Å². The highest BCUT2D eigenvalue weighted by Crippen LogP contribution is 2.38. The van der Waals surface area contributed by atoms with Gasteiger partial charge in [0.1, 0.15) is 0 Å². The molecule has 0 spiro atoms. The topological polar surface area (TPSA) is 29.1 Å². The summed E-state index contributed by atoms with van der Waals surface area (Å²) in [7, 11) is 0. The lowest BCUT2D eigenvalue weighted by atomic mass is 9.97. The highest BCUT2D eigenvalue weighted by molar-refractivity contribution is 5.79. The quantitative estimate of drug-likeness (QED) is 0.557. The van der Waals surface area contributed by atoms with Crippen molar-refractivity contribution in [1.82, 2.24) is 5.32 Å². The first kappa shape index (κ1) is 22.2. The highest BCUT2D eigenvalue weighted by Gasteiger charge is 2.37. The van der Waals surface area contributed by atoms with E-state index in [0.29, 0.717) is 23.6 Å². The second-order valence-corrected chi connectivity index (χ2v) is 7.83. The molecule has 1 N–H and O–H groups in total. The Balaban J connectivity index is 1.83. The Morgan fingerprint density at radius 3 is 2.10 bits per heavy atom. The number of nitrogens with one attached hydrogen (secondary N) is 1. The van der Waals surface area contributed by atoms with Crippen molar-refractivity contribution >= 4 is 5.91 Å². The van der Waals surface area contributed by atoms with E-state index in [-0.39, 0.29) is 35.6 Å². The fourth-order valence-electron chi connectivity index (χ4n) is 3.76. The zero-order valence-corrected chi connectivity index (χ0v) is 16.2. The largest absolute Gasteiger partial charge is 0.416 e. The van der Waals surface area contributed by atoms with Crippen LogP contribution in [0.5, 0.6) is 0 Å². The molecular formula is C22H21F6NO. The van der Waals surface area contributed by atoms with Gasteiger partial charge in [0.15, 0.2) is 0 Å². The molecule has 1 fully saturated rings. The van der Waals surface area contributed by atoms with Crippen molar-refractivity contribution in [2.24, 2.45) is 11.8 Å². The van der Waals surface area contributed by atoms with Crippen molar-refractivity contribution in [3.63, 3.8) is 0 Å². The van der Waals surface area contributed by atoms with E-state index in [2.05, 4.69) is 12.2 Å². The van der Waals surface area contributed by atoms with Gasteiger partial charge in [0.25, 0.3) is 0 Å². The number of amides is 1. The minimum absolute atomic E-state index is 0.0546. The molecule has 30 heavy (non-hydrogen) atoms. The molecule has 2 atom stereocenters. The summed E-state index contributed by atoms with van der Waals surface area (Å²) in [5.74, 6) is 0.358. The molecule has 0 radical (unpaired) electrons. The maximum Gasteiger partial charge on any atom is 0.416 e. The Bertz CT molecular complexity index is 886. The molecule has 0 bridgehead atoms. The Hall–Kier alpha value is -2.51. The van der Waals surface area contributed by atoms with Crippen molar-refractivity contribution in [3.05, 3.63) is 59.2 Å². The lowest BCUT2D eigenvalue weighted by Crippen LogP contribution is -2.28. The predicted octanol–water partition coefficient (Wildman–Crippen LogP) is 6.44. The van der Waals surface area contributed by atoms with E-state index in [0.717, 1.165) is 19.3 Å². The average molecular weight is 429 g/mol. The normalized spacial score (nSPS) is 19.7. The fourth-order valence-corrected chi connectivity index (χ4v) is 3.76. The van der Waals surface area contributed by atoms with Gasteiger partial charge in [0.05, 0.1) is 11.1 Å². The van der Waals surface area contributed by atoms with Crippen LogP contribution in [0.2, 0.25) is 0 Å². The van der Waals surface area contributed by atoms with Gasteiger partial charge in [0, 0.05) is 12.5 Å². The number of rotatable bonds is 4. The first-order valence-electron chi connectivity index (χ1n) is 9.60. The summed E-state index contributed by atoms with van der Waals surface area (Å²) in [4.78, 5) is 12.3. The molecule has 0 saturated heterocycles. The number of hydrogen-bond acceptors (Lipinski definition) is 1. The van der Waals surface area contributed by atoms with Crippen molar-refractivity contribution in [2.75, 3.05) is 0 Å². The second kappa shape index (κ2) is 8.32. The van der Waals surface area contributed by atoms with E-state index in [1.165, 1.54) is 12.1 Å². The van der Waals surface area contributed by atoms with Gasteiger partial charge >= 0.3 is 12.4 Å². The van der Waals surface area contributed by atoms with Gasteiger partial charge in [-0.05, 0) is 66.1 Å². The van der Waals surface area contributed by atoms with E-state index in [4.69, 9.17) is 0 Å². The van der Waals surface area contributed by atoms with Gasteiger partial charge in [-0.2, -0.15) is 26.3 Å². The summed E-state index contributed by atoms with van der Waals surface area (Å²) in [5, 5.41) is 2.81. The minimum Gasteiger partial charge on any atom is -0.352 e. The number of hydrogen-bond donors (Lipinski definition) is 1. The molecule has 162 valence electrons. The third-order valence-electron chi connectivity index (χ3n) is 5.38. The molecule has 2 nitrogen and oxygen atoms in total. The van der Waals surface area contributed by atoms with Crippen LogP contribution >= 0.6 is 0 Å². The summed E-state index contributed by atoms with van der Waals surface area (Å²) >= 11 is 0. The SMILES string of the molecule is C[C@@H]1CCC(C(=O)NCc2cccc(-c3cc(C(F)(F)F)cc(C(F)(F)F)c3)c2)C1. The van der Waals surface area contributed by atoms with Gasteiger partial charge in [-0.1, -0.05) is 25.1 Å². The van der Waals surface area contributed by atoms with Gasteiger partial charge in [0.2, 0.25) is 5.91 Å². The molecule has 3 rings (SSSR count). The average Bonchev–Trinajstić information content (AvgIpc) is 3.11. The van der Waals surface area contributed by atoms with Crippen LogP contribution in [-0.2, 0) is 23.7 Å². The van der Waals surface area contributed by atoms with Crippen LogP contribution in [0.4, 0.5) is 26.3 Å². The van der Waals surface area contributed by atoms with Crippen LogP contribution in [0.1, 0.15) is 42.9 Å². The van der Waals surface area contributed by atoms with Crippen LogP contribution < -0.4 is 5.32 Å². The van der Waals surface area contributed by atoms with Crippen molar-refractivity contribution in [3.8, 4) is 11.1 Å². The molecule has 1 aliphatic rings. The Kier molecular flexibility index (Phi) is 6.15. The Labute approximate surface area is 170 Å². The van der Waals surface area contributed by atoms with E-state index >= 15 is 0 Å². The molecule has 8 heteroatoms. The van der Waals surface area contributed by atoms with E-state index in [9.17, 15) is 31.1 Å². The minimum atomic E-state index is -4.90. The van der Waals surface area contributed by atoms with E-state index < -0.39 is 23.5 Å². The fraction of sp³-hybridized carbons (Fsp3) is 0.409. The predicted molar refractivity (Wildman–Crippen MR) is 100 cm³/mol. The van der Waals surface area contributed by atoms with Crippen molar-refractivity contribution in [2.45, 2.75) is 45.1 Å². The number of benzene rings is 2. The standard InChI is InChI=1S/C22H21F6NO/c1-13-5-6-16(7-13)20(30)29-12-14-3-2-4-15(8-14)17-9-18(21(23,24)25)11-19(10-17)22(26,27)28/h2-4,8-11,13,16H,5-7,12H2,1H3,(H,29,30)/t13-,16?/m1/s1. The van der Waals surface area contributed by atoms with E-state index in [1.807, 2.05) is 0 Å². The smallest absolute Gasteiger partial charge is 0.352 e. The lowest BCUT2D eigenvalue weighted by Gasteiger charge is -2.15. The van der Waals surface area contributed by atoms with Crippen molar-refractivity contribution < 1.29 is 31.1 Å². The summed E-state index contributed by atoms with van der Waals surface area (Å²) in [6, 6.07) is 7.66. The van der Waals surface area contributed by atoms with Crippen LogP contribution in [0.25, 0.3) is 11.1 Å². The zero-order chi connectivity index (χ0) is 22.1. The molecule has 0 aliphatic heterocycles. The highest BCUT2D eigenvalue weighted by atomic mass is 19.4. The maximum atomic E-state index is 13.1. The van der Waals surface area contributed by atoms with Crippen LogP contribution in [-0.4, -0.2) is 5.91 Å². The summed E-state index contributed by atoms with van der Waals surface area (Å²) < 4.78 is 78.6. The molecule has 2 aromatic rings. The Morgan fingerprint density at radius 2 is 1.57 bits per heavy atom. The first-order valence-corrected chi connectivity index (χ1v) is 9.60. The third kappa shape index (κ3) is 5.34. The molecule has 1 unspecified atom stereocenters. The summed E-state index contributed by atoms with van der Waals surface area (Å²) in [5.41, 5.74) is -2.09. The number of halogens is 6. The third-order valence-corrected chi connectivity index (χ3v) is 5.38. The number of alkyl halides is 6. The second-order valence-electron chi connectivity index (χ2n) is 7.83. The first-order chi connectivity index (χ1) is 13.9. The molecule has 1 saturated carbocycles. The van der Waals surface area contributed by atoms with Gasteiger partial charge in [-0.25, -0.2) is 0 Å². The molecular weight excluding hydrogens is 408 g/mol. The Morgan fingerprint density at radius 1 is 0.933 bits per heavy atom. The number of carbonyl (C=O) groups is 1. The van der Waals surface area contributed by atoms with Crippen LogP contribution in [0.15, 0.2) is 42.5 Å². The summed E-state index contributed by atoms with van der Waals surface area (Å²) in [6.07, 6.45) is -7.18. The molecule has 1 amide bonds. The summed E-state index contributed by atoms with van der Waals surface area (Å²) in [6.45, 7) is 2.24.